The second-order valence-electron chi connectivity index (χ2n) is 6.92. The lowest BCUT2D eigenvalue weighted by Crippen LogP contribution is -2.12. The summed E-state index contributed by atoms with van der Waals surface area (Å²) in [4.78, 5) is 11.3. The number of hydrogen-bond acceptors (Lipinski definition) is 5. The monoisotopic (exact) mass is 482 g/mol. The number of nitrogens with zero attached hydrogens (tertiary/aromatic N) is 4. The summed E-state index contributed by atoms with van der Waals surface area (Å²) in [6.07, 6.45) is -1.53. The van der Waals surface area contributed by atoms with Gasteiger partial charge in [0.1, 0.15) is 0 Å². The molecule has 174 valence electrons. The van der Waals surface area contributed by atoms with E-state index in [9.17, 15) is 21.8 Å². The average molecular weight is 482 g/mol. The van der Waals surface area contributed by atoms with Crippen LogP contribution in [-0.4, -0.2) is 42.5 Å². The van der Waals surface area contributed by atoms with Crippen LogP contribution in [0, 0.1) is 6.92 Å². The van der Waals surface area contributed by atoms with Gasteiger partial charge in [-0.05, 0) is 13.0 Å². The minimum absolute atomic E-state index is 0.0521. The molecular formula is C20H18F4N6O2S. The molecule has 2 N–H and O–H groups in total. The van der Waals surface area contributed by atoms with E-state index in [2.05, 4.69) is 24.8 Å². The van der Waals surface area contributed by atoms with Gasteiger partial charge in [-0.1, -0.05) is 12.1 Å². The third-order valence-electron chi connectivity index (χ3n) is 4.90. The Hall–Kier alpha value is -3.48. The standard InChI is InChI=1S/C20H18F4N6O2S/c1-10-13(8-15(21)22)19(32-2)28-20(27-10)29-33(31)14-9-25-16-11(14)4-5-12(18(23)24)17(16)30-7-3-6-26-30/h3-7,9,15,18,25H,8H2,1-2H3,(H,27,28,29). The van der Waals surface area contributed by atoms with Crippen molar-refractivity contribution in [2.24, 2.45) is 0 Å². The number of hydrogen-bond donors (Lipinski definition) is 2. The Kier molecular flexibility index (Phi) is 6.31. The number of ether oxygens (including phenoxy) is 1. The molecule has 3 heterocycles. The molecule has 1 atom stereocenters. The molecule has 0 fully saturated rings. The first-order valence-electron chi connectivity index (χ1n) is 9.60. The van der Waals surface area contributed by atoms with Crippen LogP contribution in [0.5, 0.6) is 5.88 Å². The number of benzene rings is 1. The van der Waals surface area contributed by atoms with Gasteiger partial charge in [0.2, 0.25) is 18.3 Å². The third-order valence-corrected chi connectivity index (χ3v) is 6.01. The molecule has 0 saturated carbocycles. The van der Waals surface area contributed by atoms with Crippen molar-refractivity contribution in [1.29, 1.82) is 0 Å². The normalized spacial score (nSPS) is 12.6. The lowest BCUT2D eigenvalue weighted by Gasteiger charge is -2.13. The van der Waals surface area contributed by atoms with Gasteiger partial charge in [0.15, 0.2) is 11.0 Å². The quantitative estimate of drug-likeness (QED) is 0.364. The lowest BCUT2D eigenvalue weighted by atomic mass is 10.1. The molecule has 0 aliphatic rings. The summed E-state index contributed by atoms with van der Waals surface area (Å²) in [5, 5.41) is 4.47. The van der Waals surface area contributed by atoms with Crippen LogP contribution >= 0.6 is 0 Å². The molecule has 8 nitrogen and oxygen atoms in total. The number of H-pyrrole nitrogens is 1. The van der Waals surface area contributed by atoms with Gasteiger partial charge in [0.05, 0.1) is 28.9 Å². The van der Waals surface area contributed by atoms with E-state index in [1.807, 2.05) is 0 Å². The van der Waals surface area contributed by atoms with Crippen molar-refractivity contribution in [3.05, 3.63) is 53.6 Å². The Morgan fingerprint density at radius 2 is 2.03 bits per heavy atom. The fourth-order valence-corrected chi connectivity index (χ4v) is 4.37. The summed E-state index contributed by atoms with van der Waals surface area (Å²) in [5.41, 5.74) is 0.628. The van der Waals surface area contributed by atoms with Crippen LogP contribution < -0.4 is 9.46 Å². The van der Waals surface area contributed by atoms with E-state index in [4.69, 9.17) is 4.74 Å². The first-order valence-corrected chi connectivity index (χ1v) is 10.7. The lowest BCUT2D eigenvalue weighted by molar-refractivity contribution is 0.147. The maximum atomic E-state index is 13.6. The molecule has 0 saturated heterocycles. The zero-order valence-electron chi connectivity index (χ0n) is 17.4. The molecule has 1 aromatic carbocycles. The van der Waals surface area contributed by atoms with E-state index in [-0.39, 0.29) is 39.2 Å². The molecule has 0 bridgehead atoms. The van der Waals surface area contributed by atoms with Crippen LogP contribution in [0.25, 0.3) is 16.6 Å². The van der Waals surface area contributed by atoms with E-state index < -0.39 is 30.3 Å². The molecule has 4 rings (SSSR count). The first-order chi connectivity index (χ1) is 15.8. The molecule has 0 spiro atoms. The number of methoxy groups -OCH3 is 1. The third kappa shape index (κ3) is 4.40. The number of aromatic nitrogens is 5. The molecule has 1 unspecified atom stereocenters. The highest BCUT2D eigenvalue weighted by atomic mass is 32.2. The highest BCUT2D eigenvalue weighted by Crippen LogP contribution is 2.34. The first kappa shape index (κ1) is 22.7. The minimum Gasteiger partial charge on any atom is -0.481 e. The van der Waals surface area contributed by atoms with E-state index in [0.29, 0.717) is 10.9 Å². The molecule has 4 aromatic rings. The number of halogens is 4. The van der Waals surface area contributed by atoms with Crippen LogP contribution in [0.15, 0.2) is 41.7 Å². The summed E-state index contributed by atoms with van der Waals surface area (Å²) in [6, 6.07) is 4.29. The van der Waals surface area contributed by atoms with Crippen molar-refractivity contribution < 1.29 is 26.5 Å². The van der Waals surface area contributed by atoms with E-state index >= 15 is 0 Å². The average Bonchev–Trinajstić information content (AvgIpc) is 3.44. The molecule has 33 heavy (non-hydrogen) atoms. The van der Waals surface area contributed by atoms with Crippen LogP contribution in [0.1, 0.15) is 23.2 Å². The molecule has 13 heteroatoms. The van der Waals surface area contributed by atoms with Crippen molar-refractivity contribution in [3.63, 3.8) is 0 Å². The molecule has 0 aliphatic carbocycles. The molecule has 0 radical (unpaired) electrons. The predicted molar refractivity (Wildman–Crippen MR) is 113 cm³/mol. The van der Waals surface area contributed by atoms with Crippen LogP contribution in [0.2, 0.25) is 0 Å². The minimum atomic E-state index is -2.75. The number of aryl methyl sites for hydroxylation is 1. The van der Waals surface area contributed by atoms with Crippen LogP contribution in [-0.2, 0) is 17.4 Å². The Morgan fingerprint density at radius 1 is 1.24 bits per heavy atom. The summed E-state index contributed by atoms with van der Waals surface area (Å²) in [6.45, 7) is 1.52. The number of rotatable bonds is 8. The Bertz CT molecular complexity index is 1310. The van der Waals surface area contributed by atoms with Crippen molar-refractivity contribution in [2.45, 2.75) is 31.1 Å². The number of alkyl halides is 4. The smallest absolute Gasteiger partial charge is 0.266 e. The molecular weight excluding hydrogens is 464 g/mol. The van der Waals surface area contributed by atoms with Gasteiger partial charge in [-0.25, -0.2) is 31.4 Å². The van der Waals surface area contributed by atoms with Gasteiger partial charge >= 0.3 is 0 Å². The predicted octanol–water partition coefficient (Wildman–Crippen LogP) is 4.34. The highest BCUT2D eigenvalue weighted by molar-refractivity contribution is 7.86. The number of aromatic amines is 1. The number of nitrogens with one attached hydrogen (secondary N) is 2. The SMILES string of the molecule is COc1nc(NS(=O)c2c[nH]c3c(-n4cccn4)c(C(F)F)ccc23)nc(C)c1CC(F)F. The Labute approximate surface area is 187 Å². The summed E-state index contributed by atoms with van der Waals surface area (Å²) >= 11 is 0. The maximum Gasteiger partial charge on any atom is 0.266 e. The summed E-state index contributed by atoms with van der Waals surface area (Å²) in [5.74, 6) is -0.143. The van der Waals surface area contributed by atoms with Crippen LogP contribution in [0.4, 0.5) is 23.5 Å². The highest BCUT2D eigenvalue weighted by Gasteiger charge is 2.23. The van der Waals surface area contributed by atoms with Gasteiger partial charge in [-0.3, -0.25) is 4.72 Å². The maximum absolute atomic E-state index is 13.6. The fraction of sp³-hybridized carbons (Fsp3) is 0.250. The fourth-order valence-electron chi connectivity index (χ4n) is 3.46. The van der Waals surface area contributed by atoms with Gasteiger partial charge in [0.25, 0.3) is 6.43 Å². The van der Waals surface area contributed by atoms with Gasteiger partial charge in [-0.15, -0.1) is 0 Å². The largest absolute Gasteiger partial charge is 0.481 e. The van der Waals surface area contributed by atoms with E-state index in [0.717, 1.165) is 0 Å². The van der Waals surface area contributed by atoms with Gasteiger partial charge in [-0.2, -0.15) is 10.1 Å². The summed E-state index contributed by atoms with van der Waals surface area (Å²) < 4.78 is 75.0. The summed E-state index contributed by atoms with van der Waals surface area (Å²) in [7, 11) is -0.627. The number of fused-ring (bicyclic) bond motifs is 1. The van der Waals surface area contributed by atoms with Gasteiger partial charge < -0.3 is 9.72 Å². The Morgan fingerprint density at radius 3 is 2.67 bits per heavy atom. The topological polar surface area (TPSA) is 97.7 Å². The van der Waals surface area contributed by atoms with Crippen molar-refractivity contribution in [2.75, 3.05) is 11.8 Å². The van der Waals surface area contributed by atoms with Crippen LogP contribution in [0.3, 0.4) is 0 Å². The zero-order chi connectivity index (χ0) is 23.7. The van der Waals surface area contributed by atoms with Crippen molar-refractivity contribution in [3.8, 4) is 11.6 Å². The van der Waals surface area contributed by atoms with E-state index in [1.165, 1.54) is 49.4 Å². The van der Waals surface area contributed by atoms with Crippen molar-refractivity contribution in [1.82, 2.24) is 24.7 Å². The molecule has 3 aromatic heterocycles. The second-order valence-corrected chi connectivity index (χ2v) is 8.10. The van der Waals surface area contributed by atoms with Crippen molar-refractivity contribution >= 4 is 27.8 Å². The second kappa shape index (κ2) is 9.17. The van der Waals surface area contributed by atoms with E-state index in [1.54, 1.807) is 6.07 Å². The molecule has 0 aliphatic heterocycles. The molecule has 0 amide bonds. The zero-order valence-corrected chi connectivity index (χ0v) is 18.2. The van der Waals surface area contributed by atoms with Gasteiger partial charge in [0, 0.05) is 41.5 Å². The number of anilines is 1. The Balaban J connectivity index is 1.72.